The van der Waals surface area contributed by atoms with E-state index in [1.54, 1.807) is 11.5 Å². The third-order valence-electron chi connectivity index (χ3n) is 5.08. The van der Waals surface area contributed by atoms with E-state index in [9.17, 15) is 4.79 Å². The predicted octanol–water partition coefficient (Wildman–Crippen LogP) is 3.77. The molecular weight excluding hydrogens is 324 g/mol. The predicted molar refractivity (Wildman–Crippen MR) is 102 cm³/mol. The lowest BCUT2D eigenvalue weighted by atomic mass is 10.1. The molecule has 5 nitrogen and oxygen atoms in total. The van der Waals surface area contributed by atoms with Gasteiger partial charge in [-0.15, -0.1) is 0 Å². The Morgan fingerprint density at radius 1 is 1.27 bits per heavy atom. The normalized spacial score (nSPS) is 14.8. The van der Waals surface area contributed by atoms with E-state index < -0.39 is 0 Å². The van der Waals surface area contributed by atoms with E-state index in [0.717, 1.165) is 42.8 Å². The summed E-state index contributed by atoms with van der Waals surface area (Å²) in [5, 5.41) is 1.15. The maximum Gasteiger partial charge on any atom is 0.227 e. The lowest BCUT2D eigenvalue weighted by Gasteiger charge is -2.28. The smallest absolute Gasteiger partial charge is 0.227 e. The van der Waals surface area contributed by atoms with Crippen LogP contribution in [0.2, 0.25) is 0 Å². The van der Waals surface area contributed by atoms with E-state index in [1.165, 1.54) is 16.8 Å². The maximum absolute atomic E-state index is 11.9. The summed E-state index contributed by atoms with van der Waals surface area (Å²) in [5.41, 5.74) is 4.58. The van der Waals surface area contributed by atoms with E-state index in [1.807, 2.05) is 30.6 Å². The van der Waals surface area contributed by atoms with Gasteiger partial charge in [0.25, 0.3) is 0 Å². The molecule has 0 aliphatic carbocycles. The van der Waals surface area contributed by atoms with Crippen molar-refractivity contribution in [2.45, 2.75) is 46.2 Å². The molecule has 134 valence electrons. The Morgan fingerprint density at radius 2 is 2.08 bits per heavy atom. The van der Waals surface area contributed by atoms with Crippen LogP contribution in [0, 0.1) is 0 Å². The van der Waals surface area contributed by atoms with Gasteiger partial charge in [-0.25, -0.2) is 9.97 Å². The molecule has 5 heteroatoms. The van der Waals surface area contributed by atoms with Crippen LogP contribution in [0.15, 0.2) is 36.7 Å². The molecule has 1 aliphatic heterocycles. The summed E-state index contributed by atoms with van der Waals surface area (Å²) in [4.78, 5) is 23.6. The number of carbonyl (C=O) groups excluding carboxylic acids is 1. The number of benzene rings is 1. The minimum Gasteiger partial charge on any atom is -0.294 e. The van der Waals surface area contributed by atoms with Crippen LogP contribution in [0.5, 0.6) is 0 Å². The third kappa shape index (κ3) is 3.03. The molecule has 0 spiro atoms. The highest BCUT2D eigenvalue weighted by molar-refractivity contribution is 5.93. The Kier molecular flexibility index (Phi) is 4.32. The third-order valence-corrected chi connectivity index (χ3v) is 5.08. The summed E-state index contributed by atoms with van der Waals surface area (Å²) in [7, 11) is 0. The molecule has 0 N–H and O–H groups in total. The summed E-state index contributed by atoms with van der Waals surface area (Å²) in [6.07, 6.45) is 4.92. The van der Waals surface area contributed by atoms with Gasteiger partial charge in [0.15, 0.2) is 0 Å². The Hall–Kier alpha value is -2.53. The SMILES string of the molecule is CC(=O)n1cc(CN2CCc3nc(C(C)C)ncc3C2)c2ccccc21. The largest absolute Gasteiger partial charge is 0.294 e. The Morgan fingerprint density at radius 3 is 2.85 bits per heavy atom. The molecule has 4 rings (SSSR count). The molecule has 0 saturated heterocycles. The van der Waals surface area contributed by atoms with Crippen molar-refractivity contribution in [2.24, 2.45) is 0 Å². The molecule has 0 fully saturated rings. The number of hydrogen-bond acceptors (Lipinski definition) is 4. The first-order valence-corrected chi connectivity index (χ1v) is 9.20. The second kappa shape index (κ2) is 6.65. The Bertz CT molecular complexity index is 973. The zero-order valence-electron chi connectivity index (χ0n) is 15.6. The maximum atomic E-state index is 11.9. The van der Waals surface area contributed by atoms with Gasteiger partial charge < -0.3 is 0 Å². The number of fused-ring (bicyclic) bond motifs is 2. The zero-order chi connectivity index (χ0) is 18.3. The first-order valence-electron chi connectivity index (χ1n) is 9.20. The Labute approximate surface area is 153 Å². The fourth-order valence-corrected chi connectivity index (χ4v) is 3.68. The van der Waals surface area contributed by atoms with Crippen LogP contribution in [0.4, 0.5) is 0 Å². The highest BCUT2D eigenvalue weighted by Gasteiger charge is 2.21. The van der Waals surface area contributed by atoms with Crippen molar-refractivity contribution in [3.63, 3.8) is 0 Å². The van der Waals surface area contributed by atoms with E-state index in [4.69, 9.17) is 4.98 Å². The summed E-state index contributed by atoms with van der Waals surface area (Å²) in [6.45, 7) is 8.51. The summed E-state index contributed by atoms with van der Waals surface area (Å²) in [6, 6.07) is 8.11. The number of carbonyl (C=O) groups is 1. The molecule has 3 heterocycles. The first-order chi connectivity index (χ1) is 12.5. The van der Waals surface area contributed by atoms with Crippen molar-refractivity contribution in [2.75, 3.05) is 6.54 Å². The summed E-state index contributed by atoms with van der Waals surface area (Å²) < 4.78 is 1.75. The van der Waals surface area contributed by atoms with E-state index in [2.05, 4.69) is 29.8 Å². The minimum absolute atomic E-state index is 0.0473. The number of rotatable bonds is 3. The van der Waals surface area contributed by atoms with Crippen LogP contribution in [0.3, 0.4) is 0 Å². The minimum atomic E-state index is 0.0473. The number of hydrogen-bond donors (Lipinski definition) is 0. The van der Waals surface area contributed by atoms with Crippen LogP contribution < -0.4 is 0 Å². The average Bonchev–Trinajstić information content (AvgIpc) is 3.00. The van der Waals surface area contributed by atoms with Crippen molar-refractivity contribution in [3.05, 3.63) is 59.3 Å². The lowest BCUT2D eigenvalue weighted by molar-refractivity contribution is 0.0941. The van der Waals surface area contributed by atoms with Crippen molar-refractivity contribution >= 4 is 16.8 Å². The van der Waals surface area contributed by atoms with E-state index in [0.29, 0.717) is 5.92 Å². The molecule has 0 bridgehead atoms. The van der Waals surface area contributed by atoms with Gasteiger partial charge in [-0.3, -0.25) is 14.3 Å². The molecule has 26 heavy (non-hydrogen) atoms. The molecular formula is C21H24N4O. The molecule has 0 radical (unpaired) electrons. The van der Waals surface area contributed by atoms with Gasteiger partial charge in [0.05, 0.1) is 5.52 Å². The van der Waals surface area contributed by atoms with Crippen LogP contribution >= 0.6 is 0 Å². The fourth-order valence-electron chi connectivity index (χ4n) is 3.68. The first kappa shape index (κ1) is 16.9. The van der Waals surface area contributed by atoms with Crippen LogP contribution in [0.25, 0.3) is 10.9 Å². The number of para-hydroxylation sites is 1. The molecule has 0 amide bonds. The van der Waals surface area contributed by atoms with Crippen molar-refractivity contribution in [1.29, 1.82) is 0 Å². The topological polar surface area (TPSA) is 51.0 Å². The standard InChI is InChI=1S/C21H24N4O/c1-14(2)21-22-10-16-11-24(9-8-19(16)23-21)12-17-13-25(15(3)26)20-7-5-4-6-18(17)20/h4-7,10,13-14H,8-9,11-12H2,1-3H3. The molecule has 0 unspecified atom stereocenters. The molecule has 0 saturated carbocycles. The second-order valence-electron chi connectivity index (χ2n) is 7.38. The van der Waals surface area contributed by atoms with Crippen LogP contribution in [-0.2, 0) is 19.5 Å². The van der Waals surface area contributed by atoms with Gasteiger partial charge in [0, 0.05) is 67.9 Å². The molecule has 2 aromatic heterocycles. The van der Waals surface area contributed by atoms with Crippen molar-refractivity contribution in [1.82, 2.24) is 19.4 Å². The van der Waals surface area contributed by atoms with Crippen molar-refractivity contribution < 1.29 is 4.79 Å². The molecule has 0 atom stereocenters. The van der Waals surface area contributed by atoms with Crippen LogP contribution in [-0.4, -0.2) is 31.9 Å². The fraction of sp³-hybridized carbons (Fsp3) is 0.381. The molecule has 3 aromatic rings. The average molecular weight is 348 g/mol. The van der Waals surface area contributed by atoms with Gasteiger partial charge in [-0.05, 0) is 11.6 Å². The zero-order valence-corrected chi connectivity index (χ0v) is 15.6. The second-order valence-corrected chi connectivity index (χ2v) is 7.38. The van der Waals surface area contributed by atoms with Gasteiger partial charge in [0.1, 0.15) is 5.82 Å². The van der Waals surface area contributed by atoms with E-state index in [-0.39, 0.29) is 5.91 Å². The number of aromatic nitrogens is 3. The van der Waals surface area contributed by atoms with Gasteiger partial charge in [-0.2, -0.15) is 0 Å². The molecule has 1 aliphatic rings. The monoisotopic (exact) mass is 348 g/mol. The van der Waals surface area contributed by atoms with Crippen LogP contribution in [0.1, 0.15) is 54.1 Å². The quantitative estimate of drug-likeness (QED) is 0.723. The Balaban J connectivity index is 1.59. The summed E-state index contributed by atoms with van der Waals surface area (Å²) in [5.74, 6) is 1.34. The highest BCUT2D eigenvalue weighted by Crippen LogP contribution is 2.25. The highest BCUT2D eigenvalue weighted by atomic mass is 16.1. The lowest BCUT2D eigenvalue weighted by Crippen LogP contribution is -2.31. The van der Waals surface area contributed by atoms with E-state index >= 15 is 0 Å². The number of nitrogens with zero attached hydrogens (tertiary/aromatic N) is 4. The van der Waals surface area contributed by atoms with Gasteiger partial charge >= 0.3 is 0 Å². The molecule has 1 aromatic carbocycles. The van der Waals surface area contributed by atoms with Gasteiger partial charge in [0.2, 0.25) is 5.91 Å². The van der Waals surface area contributed by atoms with Crippen molar-refractivity contribution in [3.8, 4) is 0 Å². The summed E-state index contributed by atoms with van der Waals surface area (Å²) >= 11 is 0. The van der Waals surface area contributed by atoms with Gasteiger partial charge in [-0.1, -0.05) is 32.0 Å².